The summed E-state index contributed by atoms with van der Waals surface area (Å²) >= 11 is 1.89. The molecular weight excluding hydrogens is 390 g/mol. The molecule has 8 heteroatoms. The van der Waals surface area contributed by atoms with E-state index in [1.54, 1.807) is 13.8 Å². The number of fused-ring (bicyclic) bond motifs is 1. The van der Waals surface area contributed by atoms with Crippen molar-refractivity contribution in [2.75, 3.05) is 12.3 Å². The predicted molar refractivity (Wildman–Crippen MR) is 115 cm³/mol. The highest BCUT2D eigenvalue weighted by molar-refractivity contribution is 8.00. The molecule has 0 saturated carbocycles. The van der Waals surface area contributed by atoms with E-state index >= 15 is 0 Å². The molecule has 0 aliphatic carbocycles. The van der Waals surface area contributed by atoms with Gasteiger partial charge in [-0.1, -0.05) is 26.8 Å². The van der Waals surface area contributed by atoms with E-state index in [0.29, 0.717) is 31.1 Å². The minimum absolute atomic E-state index is 0.0664. The summed E-state index contributed by atoms with van der Waals surface area (Å²) in [5, 5.41) is 9.17. The number of hydrogen-bond acceptors (Lipinski definition) is 5. The van der Waals surface area contributed by atoms with Crippen molar-refractivity contribution in [1.82, 2.24) is 16.0 Å². The zero-order valence-electron chi connectivity index (χ0n) is 17.4. The van der Waals surface area contributed by atoms with Crippen LogP contribution in [0.15, 0.2) is 12.7 Å². The number of ketones is 2. The molecule has 3 atom stereocenters. The summed E-state index contributed by atoms with van der Waals surface area (Å²) in [4.78, 5) is 47.1. The van der Waals surface area contributed by atoms with Gasteiger partial charge < -0.3 is 16.0 Å². The van der Waals surface area contributed by atoms with Crippen LogP contribution in [0, 0.1) is 5.41 Å². The molecule has 0 aromatic rings. The van der Waals surface area contributed by atoms with Gasteiger partial charge in [-0.2, -0.15) is 11.8 Å². The van der Waals surface area contributed by atoms with Gasteiger partial charge in [0, 0.05) is 36.8 Å². The van der Waals surface area contributed by atoms with E-state index in [2.05, 4.69) is 22.5 Å². The van der Waals surface area contributed by atoms with Crippen LogP contribution in [0.1, 0.15) is 58.8 Å². The smallest absolute Gasteiger partial charge is 0.315 e. The van der Waals surface area contributed by atoms with Gasteiger partial charge in [0.1, 0.15) is 5.78 Å². The molecule has 29 heavy (non-hydrogen) atoms. The third kappa shape index (κ3) is 7.17. The van der Waals surface area contributed by atoms with E-state index in [-0.39, 0.29) is 42.0 Å². The van der Waals surface area contributed by atoms with Crippen LogP contribution in [0.5, 0.6) is 0 Å². The van der Waals surface area contributed by atoms with E-state index < -0.39 is 5.41 Å². The number of amides is 3. The highest BCUT2D eigenvalue weighted by Crippen LogP contribution is 2.33. The van der Waals surface area contributed by atoms with Crippen LogP contribution in [0.4, 0.5) is 4.79 Å². The van der Waals surface area contributed by atoms with Crippen LogP contribution < -0.4 is 16.0 Å². The molecule has 3 N–H and O–H groups in total. The Labute approximate surface area is 177 Å². The third-order valence-electron chi connectivity index (χ3n) is 5.51. The van der Waals surface area contributed by atoms with Gasteiger partial charge in [-0.25, -0.2) is 4.79 Å². The SMILES string of the molecule is C=CC(=O)CC(C)(C)C(=O)NCCCC(=O)CCCC[C@@H]1SC[C@@H]2NC(=O)N[C@@H]21. The summed E-state index contributed by atoms with van der Waals surface area (Å²) in [6.45, 7) is 7.32. The molecule has 0 unspecified atom stereocenters. The van der Waals surface area contributed by atoms with Crippen LogP contribution in [0.25, 0.3) is 0 Å². The lowest BCUT2D eigenvalue weighted by Gasteiger charge is -2.22. The van der Waals surface area contributed by atoms with Gasteiger partial charge in [-0.3, -0.25) is 14.4 Å². The average Bonchev–Trinajstić information content (AvgIpc) is 3.21. The van der Waals surface area contributed by atoms with Gasteiger partial charge in [0.05, 0.1) is 17.5 Å². The normalized spacial score (nSPS) is 23.1. The molecule has 2 fully saturated rings. The first kappa shape index (κ1) is 23.4. The van der Waals surface area contributed by atoms with Crippen molar-refractivity contribution in [3.63, 3.8) is 0 Å². The number of carbonyl (C=O) groups is 4. The first-order valence-electron chi connectivity index (χ1n) is 10.4. The van der Waals surface area contributed by atoms with Gasteiger partial charge in [0.25, 0.3) is 0 Å². The monoisotopic (exact) mass is 423 g/mol. The Morgan fingerprint density at radius 3 is 2.66 bits per heavy atom. The lowest BCUT2D eigenvalue weighted by Crippen LogP contribution is -2.38. The van der Waals surface area contributed by atoms with Gasteiger partial charge >= 0.3 is 6.03 Å². The fourth-order valence-corrected chi connectivity index (χ4v) is 5.29. The lowest BCUT2D eigenvalue weighted by molar-refractivity contribution is -0.132. The Morgan fingerprint density at radius 1 is 1.21 bits per heavy atom. The summed E-state index contributed by atoms with van der Waals surface area (Å²) in [5.41, 5.74) is -0.777. The molecule has 2 aliphatic heterocycles. The first-order chi connectivity index (χ1) is 13.7. The number of carbonyl (C=O) groups excluding carboxylic acids is 4. The Morgan fingerprint density at radius 2 is 1.93 bits per heavy atom. The standard InChI is InChI=1S/C21H33N3O4S/c1-4-14(25)12-21(2,3)19(27)22-11-7-9-15(26)8-5-6-10-17-18-16(13-29-17)23-20(28)24-18/h4,16-18H,1,5-13H2,2-3H3,(H,22,27)(H2,23,24,28)/t16-,17-,18-/m0/s1. The molecule has 3 amide bonds. The van der Waals surface area contributed by atoms with Crippen molar-refractivity contribution in [3.8, 4) is 0 Å². The van der Waals surface area contributed by atoms with E-state index in [0.717, 1.165) is 25.0 Å². The molecule has 0 aromatic heterocycles. The molecule has 2 saturated heterocycles. The Kier molecular flexibility index (Phi) is 8.74. The molecule has 0 bridgehead atoms. The van der Waals surface area contributed by atoms with Crippen molar-refractivity contribution < 1.29 is 19.2 Å². The molecule has 0 aromatic carbocycles. The second kappa shape index (κ2) is 10.8. The van der Waals surface area contributed by atoms with Gasteiger partial charge in [0.2, 0.25) is 5.91 Å². The lowest BCUT2D eigenvalue weighted by atomic mass is 9.86. The first-order valence-corrected chi connectivity index (χ1v) is 11.4. The second-order valence-corrected chi connectivity index (χ2v) is 9.77. The topological polar surface area (TPSA) is 104 Å². The Hall–Kier alpha value is -1.83. The zero-order valence-corrected chi connectivity index (χ0v) is 18.2. The number of hydrogen-bond donors (Lipinski definition) is 3. The number of thioether (sulfide) groups is 1. The minimum Gasteiger partial charge on any atom is -0.356 e. The number of allylic oxidation sites excluding steroid dienone is 1. The summed E-state index contributed by atoms with van der Waals surface area (Å²) in [6.07, 6.45) is 5.83. The summed E-state index contributed by atoms with van der Waals surface area (Å²) in [7, 11) is 0. The maximum atomic E-state index is 12.2. The number of nitrogens with one attached hydrogen (secondary N) is 3. The highest BCUT2D eigenvalue weighted by Gasteiger charge is 2.42. The Bertz CT molecular complexity index is 650. The molecular formula is C21H33N3O4S. The molecule has 2 aliphatic rings. The number of unbranched alkanes of at least 4 members (excludes halogenated alkanes) is 1. The van der Waals surface area contributed by atoms with Crippen LogP contribution >= 0.6 is 11.8 Å². The van der Waals surface area contributed by atoms with Gasteiger partial charge in [-0.15, -0.1) is 0 Å². The maximum absolute atomic E-state index is 12.2. The van der Waals surface area contributed by atoms with E-state index in [9.17, 15) is 19.2 Å². The molecule has 2 rings (SSSR count). The van der Waals surface area contributed by atoms with Crippen molar-refractivity contribution in [2.45, 2.75) is 76.1 Å². The van der Waals surface area contributed by atoms with Gasteiger partial charge in [0.15, 0.2) is 5.78 Å². The molecule has 0 spiro atoms. The molecule has 0 radical (unpaired) electrons. The highest BCUT2D eigenvalue weighted by atomic mass is 32.2. The number of Topliss-reactive ketones (excluding diaryl/α,β-unsaturated/α-hetero) is 1. The zero-order chi connectivity index (χ0) is 21.4. The van der Waals surface area contributed by atoms with Crippen molar-refractivity contribution in [3.05, 3.63) is 12.7 Å². The van der Waals surface area contributed by atoms with Crippen LogP contribution in [0.2, 0.25) is 0 Å². The van der Waals surface area contributed by atoms with Crippen LogP contribution in [-0.4, -0.2) is 53.1 Å². The van der Waals surface area contributed by atoms with Crippen LogP contribution in [-0.2, 0) is 14.4 Å². The van der Waals surface area contributed by atoms with E-state index in [4.69, 9.17) is 0 Å². The molecule has 7 nitrogen and oxygen atoms in total. The molecule has 2 heterocycles. The largest absolute Gasteiger partial charge is 0.356 e. The predicted octanol–water partition coefficient (Wildman–Crippen LogP) is 2.35. The fourth-order valence-electron chi connectivity index (χ4n) is 3.75. The summed E-state index contributed by atoms with van der Waals surface area (Å²) in [5.74, 6) is 0.838. The minimum atomic E-state index is -0.777. The second-order valence-electron chi connectivity index (χ2n) is 8.50. The summed E-state index contributed by atoms with van der Waals surface area (Å²) < 4.78 is 0. The molecule has 162 valence electrons. The Balaban J connectivity index is 1.53. The van der Waals surface area contributed by atoms with Crippen LogP contribution in [0.3, 0.4) is 0 Å². The van der Waals surface area contributed by atoms with E-state index in [1.165, 1.54) is 6.08 Å². The van der Waals surface area contributed by atoms with E-state index in [1.807, 2.05) is 11.8 Å². The fraction of sp³-hybridized carbons (Fsp3) is 0.714. The van der Waals surface area contributed by atoms with Crippen molar-refractivity contribution in [1.29, 1.82) is 0 Å². The number of rotatable bonds is 13. The van der Waals surface area contributed by atoms with Crippen molar-refractivity contribution >= 4 is 35.3 Å². The quantitative estimate of drug-likeness (QED) is 0.240. The maximum Gasteiger partial charge on any atom is 0.315 e. The van der Waals surface area contributed by atoms with Gasteiger partial charge in [-0.05, 0) is 25.3 Å². The summed E-state index contributed by atoms with van der Waals surface area (Å²) in [6, 6.07) is 0.398. The third-order valence-corrected chi connectivity index (χ3v) is 7.02. The van der Waals surface area contributed by atoms with Crippen molar-refractivity contribution in [2.24, 2.45) is 5.41 Å². The number of urea groups is 1. The average molecular weight is 424 g/mol.